The van der Waals surface area contributed by atoms with E-state index in [2.05, 4.69) is 28.7 Å². The van der Waals surface area contributed by atoms with Crippen LogP contribution in [0.25, 0.3) is 10.9 Å². The van der Waals surface area contributed by atoms with E-state index in [1.165, 1.54) is 23.5 Å². The van der Waals surface area contributed by atoms with E-state index in [0.29, 0.717) is 78.8 Å². The molecule has 2 aliphatic heterocycles. The molecule has 6 rings (SSSR count). The van der Waals surface area contributed by atoms with Crippen molar-refractivity contribution in [2.45, 2.75) is 89.4 Å². The Balaban J connectivity index is 1.04. The number of thiazole rings is 1. The predicted molar refractivity (Wildman–Crippen MR) is 190 cm³/mol. The Labute approximate surface area is 290 Å². The van der Waals surface area contributed by atoms with Crippen molar-refractivity contribution >= 4 is 28.1 Å². The molecule has 49 heavy (non-hydrogen) atoms. The van der Waals surface area contributed by atoms with Crippen LogP contribution in [0, 0.1) is 5.82 Å². The van der Waals surface area contributed by atoms with Gasteiger partial charge in [-0.05, 0) is 60.8 Å². The number of piperidine rings is 1. The second kappa shape index (κ2) is 14.3. The summed E-state index contributed by atoms with van der Waals surface area (Å²) in [5.41, 5.74) is 1.60. The van der Waals surface area contributed by atoms with Crippen LogP contribution in [-0.2, 0) is 16.7 Å². The minimum Gasteiger partial charge on any atom is -0.506 e. The van der Waals surface area contributed by atoms with Gasteiger partial charge in [0.15, 0.2) is 0 Å². The van der Waals surface area contributed by atoms with Crippen molar-refractivity contribution in [2.75, 3.05) is 32.8 Å². The molecule has 0 saturated carbocycles. The maximum atomic E-state index is 16.1. The second-order valence-electron chi connectivity index (χ2n) is 14.6. The number of fused-ring (bicyclic) bond motifs is 1. The van der Waals surface area contributed by atoms with Crippen LogP contribution in [0.1, 0.15) is 104 Å². The Morgan fingerprint density at radius 2 is 1.92 bits per heavy atom. The number of nitrogens with one attached hydrogen (secondary N) is 1. The lowest BCUT2D eigenvalue weighted by Gasteiger charge is -2.47. The number of H-pyrrole nitrogens is 1. The highest BCUT2D eigenvalue weighted by atomic mass is 32.1. The van der Waals surface area contributed by atoms with Crippen molar-refractivity contribution in [3.05, 3.63) is 91.4 Å². The number of aliphatic hydroxyl groups is 1. The molecule has 3 N–H and O–H groups in total. The lowest BCUT2D eigenvalue weighted by molar-refractivity contribution is -0.128. The fourth-order valence-electron chi connectivity index (χ4n) is 7.29. The molecule has 262 valence electrons. The van der Waals surface area contributed by atoms with Gasteiger partial charge in [-0.15, -0.1) is 11.3 Å². The zero-order valence-corrected chi connectivity index (χ0v) is 29.6. The average molecular weight is 691 g/mol. The van der Waals surface area contributed by atoms with E-state index in [1.807, 2.05) is 42.3 Å². The minimum absolute atomic E-state index is 0.0318. The van der Waals surface area contributed by atoms with Crippen molar-refractivity contribution in [3.8, 4) is 5.75 Å². The van der Waals surface area contributed by atoms with Crippen molar-refractivity contribution in [3.63, 3.8) is 0 Å². The largest absolute Gasteiger partial charge is 0.506 e. The summed E-state index contributed by atoms with van der Waals surface area (Å²) in [5.74, 6) is 0.0293. The molecule has 4 heterocycles. The SMILES string of the molecule is CC(C)c1nc(C(=O)N2CCOC3(CCN(Cc4cccc(C(C)(C)CCC[C@H](O)c5ccc(O)c6[nH]c(=O)ccc56)c4F)CC3)C2)cs1. The summed E-state index contributed by atoms with van der Waals surface area (Å²) < 4.78 is 22.4. The van der Waals surface area contributed by atoms with Crippen LogP contribution in [0.3, 0.4) is 0 Å². The number of hydrogen-bond acceptors (Lipinski definition) is 8. The molecule has 1 amide bonds. The van der Waals surface area contributed by atoms with Crippen LogP contribution in [0.5, 0.6) is 5.75 Å². The van der Waals surface area contributed by atoms with Crippen LogP contribution in [0.15, 0.2) is 52.6 Å². The molecule has 0 radical (unpaired) electrons. The summed E-state index contributed by atoms with van der Waals surface area (Å²) in [6.07, 6.45) is 2.51. The number of morpholine rings is 1. The summed E-state index contributed by atoms with van der Waals surface area (Å²) in [6, 6.07) is 11.8. The maximum absolute atomic E-state index is 16.1. The number of amides is 1. The summed E-state index contributed by atoms with van der Waals surface area (Å²) in [7, 11) is 0. The summed E-state index contributed by atoms with van der Waals surface area (Å²) in [5, 5.41) is 24.7. The molecular formula is C38H47FN4O5S. The number of likely N-dealkylation sites (tertiary alicyclic amines) is 1. The Morgan fingerprint density at radius 3 is 2.65 bits per heavy atom. The lowest BCUT2D eigenvalue weighted by atomic mass is 9.78. The first-order valence-electron chi connectivity index (χ1n) is 17.3. The first-order valence-corrected chi connectivity index (χ1v) is 18.2. The molecule has 2 aromatic carbocycles. The van der Waals surface area contributed by atoms with Crippen molar-refractivity contribution in [1.29, 1.82) is 0 Å². The number of pyridine rings is 1. The lowest BCUT2D eigenvalue weighted by Crippen LogP contribution is -2.58. The third-order valence-electron chi connectivity index (χ3n) is 10.3. The number of phenolic OH excluding ortho intramolecular Hbond substituents is 1. The molecule has 1 spiro atoms. The average Bonchev–Trinajstić information content (AvgIpc) is 3.58. The highest BCUT2D eigenvalue weighted by Gasteiger charge is 2.41. The van der Waals surface area contributed by atoms with Gasteiger partial charge in [-0.2, -0.15) is 0 Å². The number of nitrogens with zero attached hydrogens (tertiary/aromatic N) is 3. The van der Waals surface area contributed by atoms with E-state index in [0.717, 1.165) is 30.9 Å². The molecule has 2 aliphatic rings. The molecule has 0 bridgehead atoms. The Hall–Kier alpha value is -3.64. The highest BCUT2D eigenvalue weighted by molar-refractivity contribution is 7.09. The first kappa shape index (κ1) is 35.2. The van der Waals surface area contributed by atoms with Crippen molar-refractivity contribution in [2.24, 2.45) is 0 Å². The zero-order chi connectivity index (χ0) is 34.9. The Kier molecular flexibility index (Phi) is 10.3. The topological polar surface area (TPSA) is 119 Å². The standard InChI is InChI=1S/C38H47FN4O5S/c1-24(2)35-40-29(22-49-35)36(47)43-19-20-48-38(23-43)15-17-42(18-16-38)21-25-7-5-8-28(33(25)39)37(3,4)14-6-9-30(44)26-10-12-31(45)34-27(26)11-13-32(46)41-34/h5,7-8,10-13,22,24,30,44-45H,6,9,14-21,23H2,1-4H3,(H,41,46)/t30-/m0/s1. The van der Waals surface area contributed by atoms with Crippen LogP contribution in [0.2, 0.25) is 0 Å². The number of hydrogen-bond donors (Lipinski definition) is 3. The van der Waals surface area contributed by atoms with E-state index in [1.54, 1.807) is 12.1 Å². The normalized spacial score (nSPS) is 17.7. The number of halogens is 1. The second-order valence-corrected chi connectivity index (χ2v) is 15.5. The molecule has 2 saturated heterocycles. The van der Waals surface area contributed by atoms with E-state index >= 15 is 4.39 Å². The van der Waals surface area contributed by atoms with Gasteiger partial charge in [0, 0.05) is 54.5 Å². The van der Waals surface area contributed by atoms with Crippen LogP contribution in [0.4, 0.5) is 4.39 Å². The maximum Gasteiger partial charge on any atom is 0.273 e. The van der Waals surface area contributed by atoms with Crippen LogP contribution in [-0.4, -0.2) is 74.3 Å². The predicted octanol–water partition coefficient (Wildman–Crippen LogP) is 6.64. The fourth-order valence-corrected chi connectivity index (χ4v) is 8.10. The summed E-state index contributed by atoms with van der Waals surface area (Å²) >= 11 is 1.53. The Morgan fingerprint density at radius 1 is 1.14 bits per heavy atom. The molecule has 2 aromatic heterocycles. The number of benzene rings is 2. The molecule has 0 aliphatic carbocycles. The van der Waals surface area contributed by atoms with E-state index in [9.17, 15) is 19.8 Å². The van der Waals surface area contributed by atoms with E-state index < -0.39 is 17.1 Å². The summed E-state index contributed by atoms with van der Waals surface area (Å²) in [4.78, 5) is 36.4. The number of carbonyl (C=O) groups is 1. The number of ether oxygens (including phenoxy) is 1. The van der Waals surface area contributed by atoms with Gasteiger partial charge in [0.1, 0.15) is 17.3 Å². The smallest absolute Gasteiger partial charge is 0.273 e. The van der Waals surface area contributed by atoms with Crippen LogP contribution >= 0.6 is 11.3 Å². The molecule has 4 aromatic rings. The van der Waals surface area contributed by atoms with Gasteiger partial charge in [0.2, 0.25) is 5.56 Å². The quantitative estimate of drug-likeness (QED) is 0.171. The Bertz CT molecular complexity index is 1860. The number of carbonyl (C=O) groups excluding carboxylic acids is 1. The molecular weight excluding hydrogens is 644 g/mol. The van der Waals surface area contributed by atoms with Gasteiger partial charge in [0.05, 0.1) is 35.4 Å². The third-order valence-corrected chi connectivity index (χ3v) is 11.4. The number of rotatable bonds is 10. The third kappa shape index (κ3) is 7.60. The monoisotopic (exact) mass is 690 g/mol. The van der Waals surface area contributed by atoms with Gasteiger partial charge in [-0.1, -0.05) is 52.0 Å². The highest BCUT2D eigenvalue weighted by Crippen LogP contribution is 2.37. The molecule has 2 fully saturated rings. The fraction of sp³-hybridized carbons (Fsp3) is 0.500. The van der Waals surface area contributed by atoms with Gasteiger partial charge in [0.25, 0.3) is 5.91 Å². The van der Waals surface area contributed by atoms with Crippen LogP contribution < -0.4 is 5.56 Å². The number of aromatic amines is 1. The zero-order valence-electron chi connectivity index (χ0n) is 28.8. The first-order chi connectivity index (χ1) is 23.4. The van der Waals surface area contributed by atoms with E-state index in [-0.39, 0.29) is 29.0 Å². The van der Waals surface area contributed by atoms with Crippen molar-refractivity contribution in [1.82, 2.24) is 19.8 Å². The van der Waals surface area contributed by atoms with Gasteiger partial charge < -0.3 is 24.8 Å². The summed E-state index contributed by atoms with van der Waals surface area (Å²) in [6.45, 7) is 11.8. The van der Waals surface area contributed by atoms with E-state index in [4.69, 9.17) is 4.74 Å². The number of phenols is 1. The van der Waals surface area contributed by atoms with Gasteiger partial charge in [-0.3, -0.25) is 14.5 Å². The molecule has 9 nitrogen and oxygen atoms in total. The minimum atomic E-state index is -0.799. The molecule has 11 heteroatoms. The van der Waals surface area contributed by atoms with Gasteiger partial charge in [-0.25, -0.2) is 9.37 Å². The number of aromatic nitrogens is 2. The van der Waals surface area contributed by atoms with Crippen molar-refractivity contribution < 1.29 is 24.1 Å². The number of aliphatic hydroxyl groups excluding tert-OH is 1. The van der Waals surface area contributed by atoms with Gasteiger partial charge >= 0.3 is 0 Å². The molecule has 0 unspecified atom stereocenters. The molecule has 1 atom stereocenters. The number of aromatic hydroxyl groups is 1.